The lowest BCUT2D eigenvalue weighted by atomic mass is 10.2. The van der Waals surface area contributed by atoms with Gasteiger partial charge in [0.05, 0.1) is 5.02 Å². The van der Waals surface area contributed by atoms with E-state index in [0.29, 0.717) is 21.5 Å². The second-order valence-electron chi connectivity index (χ2n) is 3.71. The van der Waals surface area contributed by atoms with Gasteiger partial charge in [-0.2, -0.15) is 0 Å². The summed E-state index contributed by atoms with van der Waals surface area (Å²) in [4.78, 5) is 5.99. The number of thiocarbonyl (C=S) groups is 1. The maximum atomic E-state index is 6.09. The number of pyridine rings is 1. The van der Waals surface area contributed by atoms with Gasteiger partial charge in [-0.15, -0.1) is 0 Å². The normalized spacial score (nSPS) is 10.3. The molecule has 0 saturated heterocycles. The fourth-order valence-corrected chi connectivity index (χ4v) is 1.68. The second-order valence-corrected chi connectivity index (χ2v) is 4.46. The van der Waals surface area contributed by atoms with E-state index in [-0.39, 0.29) is 0 Å². The van der Waals surface area contributed by atoms with Crippen molar-refractivity contribution in [3.8, 4) is 5.75 Å². The summed E-state index contributed by atoms with van der Waals surface area (Å²) in [6, 6.07) is 7.28. The smallest absolute Gasteiger partial charge is 0.264 e. The first-order chi connectivity index (χ1) is 8.09. The highest BCUT2D eigenvalue weighted by Gasteiger charge is 2.09. The molecule has 0 atom stereocenters. The van der Waals surface area contributed by atoms with Gasteiger partial charge in [0.1, 0.15) is 5.52 Å². The molecule has 0 unspecified atom stereocenters. The minimum Gasteiger partial charge on any atom is -0.429 e. The number of fused-ring (bicyclic) bond motifs is 1. The lowest BCUT2D eigenvalue weighted by Gasteiger charge is -2.15. The average Bonchev–Trinajstić information content (AvgIpc) is 2.33. The van der Waals surface area contributed by atoms with Crippen LogP contribution in [0.2, 0.25) is 5.02 Å². The quantitative estimate of drug-likeness (QED) is 0.741. The van der Waals surface area contributed by atoms with E-state index < -0.39 is 0 Å². The molecule has 17 heavy (non-hydrogen) atoms. The highest BCUT2D eigenvalue weighted by molar-refractivity contribution is 7.80. The third-order valence-electron chi connectivity index (χ3n) is 2.24. The number of ether oxygens (including phenoxy) is 1. The van der Waals surface area contributed by atoms with Gasteiger partial charge in [0.2, 0.25) is 0 Å². The molecule has 0 saturated carbocycles. The number of nitrogens with zero attached hydrogens (tertiary/aromatic N) is 2. The predicted molar refractivity (Wildman–Crippen MR) is 73.7 cm³/mol. The summed E-state index contributed by atoms with van der Waals surface area (Å²) in [6.45, 7) is 0. The fraction of sp³-hybridized carbons (Fsp3) is 0.167. The first kappa shape index (κ1) is 12.1. The summed E-state index contributed by atoms with van der Waals surface area (Å²) < 4.78 is 5.58. The van der Waals surface area contributed by atoms with Crippen LogP contribution in [0.15, 0.2) is 30.5 Å². The zero-order chi connectivity index (χ0) is 12.4. The highest BCUT2D eigenvalue weighted by Crippen LogP contribution is 2.29. The van der Waals surface area contributed by atoms with E-state index >= 15 is 0 Å². The molecule has 0 radical (unpaired) electrons. The maximum Gasteiger partial charge on any atom is 0.264 e. The molecule has 0 spiro atoms. The van der Waals surface area contributed by atoms with Crippen LogP contribution in [0, 0.1) is 0 Å². The molecule has 0 aliphatic heterocycles. The van der Waals surface area contributed by atoms with Crippen LogP contribution in [0.4, 0.5) is 0 Å². The molecule has 1 aromatic carbocycles. The molecular weight excluding hydrogens is 256 g/mol. The van der Waals surface area contributed by atoms with Crippen molar-refractivity contribution in [3.05, 3.63) is 35.5 Å². The Morgan fingerprint density at radius 2 is 2.12 bits per heavy atom. The number of rotatable bonds is 1. The molecule has 0 amide bonds. The molecule has 3 nitrogen and oxygen atoms in total. The number of hydrogen-bond acceptors (Lipinski definition) is 3. The van der Waals surface area contributed by atoms with Crippen molar-refractivity contribution in [2.75, 3.05) is 14.1 Å². The Morgan fingerprint density at radius 3 is 2.82 bits per heavy atom. The minimum atomic E-state index is 0.388. The summed E-state index contributed by atoms with van der Waals surface area (Å²) in [7, 11) is 3.65. The van der Waals surface area contributed by atoms with Gasteiger partial charge in [0, 0.05) is 25.7 Å². The Balaban J connectivity index is 2.48. The molecule has 0 aliphatic rings. The molecule has 1 aromatic heterocycles. The third kappa shape index (κ3) is 2.48. The molecule has 5 heteroatoms. The zero-order valence-electron chi connectivity index (χ0n) is 9.48. The van der Waals surface area contributed by atoms with Gasteiger partial charge in [-0.3, -0.25) is 4.98 Å². The maximum absolute atomic E-state index is 6.09. The lowest BCUT2D eigenvalue weighted by molar-refractivity contribution is 0.452. The van der Waals surface area contributed by atoms with Crippen molar-refractivity contribution < 1.29 is 4.74 Å². The summed E-state index contributed by atoms with van der Waals surface area (Å²) in [5, 5.41) is 1.89. The molecule has 88 valence electrons. The summed E-state index contributed by atoms with van der Waals surface area (Å²) in [5.41, 5.74) is 0.712. The van der Waals surface area contributed by atoms with Gasteiger partial charge in [-0.05, 0) is 36.5 Å². The molecule has 2 aromatic rings. The van der Waals surface area contributed by atoms with E-state index in [1.165, 1.54) is 0 Å². The van der Waals surface area contributed by atoms with Crippen molar-refractivity contribution in [2.45, 2.75) is 0 Å². The molecule has 1 heterocycles. The van der Waals surface area contributed by atoms with E-state index in [1.54, 1.807) is 23.2 Å². The van der Waals surface area contributed by atoms with Gasteiger partial charge in [0.15, 0.2) is 5.75 Å². The van der Waals surface area contributed by atoms with E-state index in [9.17, 15) is 0 Å². The number of aromatic nitrogens is 1. The summed E-state index contributed by atoms with van der Waals surface area (Å²) in [6.07, 6.45) is 1.70. The van der Waals surface area contributed by atoms with Crippen LogP contribution in [-0.4, -0.2) is 29.2 Å². The predicted octanol–water partition coefficient (Wildman–Crippen LogP) is 3.11. The fourth-order valence-electron chi connectivity index (χ4n) is 1.38. The van der Waals surface area contributed by atoms with Crippen LogP contribution in [0.3, 0.4) is 0 Å². The van der Waals surface area contributed by atoms with Gasteiger partial charge in [-0.1, -0.05) is 11.6 Å². The Morgan fingerprint density at radius 1 is 1.35 bits per heavy atom. The molecular formula is C12H11ClN2OS. The Labute approximate surface area is 110 Å². The highest BCUT2D eigenvalue weighted by atomic mass is 35.5. The summed E-state index contributed by atoms with van der Waals surface area (Å²) >= 11 is 11.2. The molecule has 0 N–H and O–H groups in total. The van der Waals surface area contributed by atoms with Gasteiger partial charge < -0.3 is 9.64 Å². The van der Waals surface area contributed by atoms with Crippen molar-refractivity contribution in [1.29, 1.82) is 0 Å². The van der Waals surface area contributed by atoms with Crippen molar-refractivity contribution in [3.63, 3.8) is 0 Å². The Bertz CT molecular complexity index is 571. The van der Waals surface area contributed by atoms with Gasteiger partial charge >= 0.3 is 0 Å². The van der Waals surface area contributed by atoms with E-state index in [1.807, 2.05) is 26.2 Å². The van der Waals surface area contributed by atoms with Crippen LogP contribution in [0.5, 0.6) is 5.75 Å². The first-order valence-corrected chi connectivity index (χ1v) is 5.80. The molecule has 0 bridgehead atoms. The van der Waals surface area contributed by atoms with Crippen molar-refractivity contribution in [2.24, 2.45) is 0 Å². The standard InChI is InChI=1S/C12H11ClN2OS/c1-15(2)12(17)16-10-6-5-9(13)8-4-3-7-14-11(8)10/h3-7H,1-2H3. The lowest BCUT2D eigenvalue weighted by Crippen LogP contribution is -2.25. The van der Waals surface area contributed by atoms with Crippen molar-refractivity contribution >= 4 is 39.9 Å². The number of hydrogen-bond donors (Lipinski definition) is 0. The number of benzene rings is 1. The largest absolute Gasteiger partial charge is 0.429 e. The third-order valence-corrected chi connectivity index (χ3v) is 3.02. The zero-order valence-corrected chi connectivity index (χ0v) is 11.0. The first-order valence-electron chi connectivity index (χ1n) is 5.02. The summed E-state index contributed by atoms with van der Waals surface area (Å²) in [5.74, 6) is 0.615. The van der Waals surface area contributed by atoms with Crippen LogP contribution in [0.1, 0.15) is 0 Å². The van der Waals surface area contributed by atoms with E-state index in [0.717, 1.165) is 5.39 Å². The van der Waals surface area contributed by atoms with Crippen LogP contribution in [-0.2, 0) is 0 Å². The van der Waals surface area contributed by atoms with E-state index in [2.05, 4.69) is 4.98 Å². The SMILES string of the molecule is CN(C)C(=S)Oc1ccc(Cl)c2cccnc12. The second kappa shape index (κ2) is 4.85. The monoisotopic (exact) mass is 266 g/mol. The molecule has 0 fully saturated rings. The van der Waals surface area contributed by atoms with Crippen LogP contribution < -0.4 is 4.74 Å². The van der Waals surface area contributed by atoms with Crippen LogP contribution >= 0.6 is 23.8 Å². The molecule has 2 rings (SSSR count). The Kier molecular flexibility index (Phi) is 3.45. The topological polar surface area (TPSA) is 25.4 Å². The van der Waals surface area contributed by atoms with Gasteiger partial charge in [0.25, 0.3) is 5.17 Å². The minimum absolute atomic E-state index is 0.388. The number of halogens is 1. The van der Waals surface area contributed by atoms with Crippen molar-refractivity contribution in [1.82, 2.24) is 9.88 Å². The molecule has 0 aliphatic carbocycles. The van der Waals surface area contributed by atoms with Crippen LogP contribution in [0.25, 0.3) is 10.9 Å². The average molecular weight is 267 g/mol. The Hall–Kier alpha value is -1.39. The van der Waals surface area contributed by atoms with E-state index in [4.69, 9.17) is 28.6 Å². The van der Waals surface area contributed by atoms with Gasteiger partial charge in [-0.25, -0.2) is 0 Å².